The van der Waals surface area contributed by atoms with Crippen molar-refractivity contribution in [3.63, 3.8) is 0 Å². The molecule has 0 saturated heterocycles. The molecule has 0 bridgehead atoms. The molecule has 2 unspecified atom stereocenters. The number of hydrogen-bond acceptors (Lipinski definition) is 6. The lowest BCUT2D eigenvalue weighted by Gasteiger charge is -2.22. The Morgan fingerprint density at radius 1 is 1.00 bits per heavy atom. The van der Waals surface area contributed by atoms with Crippen molar-refractivity contribution >= 4 is 12.1 Å². The number of esters is 1. The first-order chi connectivity index (χ1) is 11.7. The van der Waals surface area contributed by atoms with Gasteiger partial charge in [-0.15, -0.1) is 0 Å². The van der Waals surface area contributed by atoms with Crippen molar-refractivity contribution in [2.45, 2.75) is 58.6 Å². The third-order valence-electron chi connectivity index (χ3n) is 4.02. The Kier molecular flexibility index (Phi) is 7.90. The minimum atomic E-state index is -0.841. The molecule has 0 heterocycles. The monoisotopic (exact) mass is 351 g/mol. The van der Waals surface area contributed by atoms with E-state index in [1.165, 1.54) is 7.11 Å². The summed E-state index contributed by atoms with van der Waals surface area (Å²) in [5.41, 5.74) is 1.88. The van der Waals surface area contributed by atoms with Crippen LogP contribution in [0.5, 0.6) is 5.75 Å². The third kappa shape index (κ3) is 5.46. The molecule has 0 fully saturated rings. The number of ether oxygens (including phenoxy) is 3. The fraction of sp³-hybridized carbons (Fsp3) is 0.579. The molecule has 25 heavy (non-hydrogen) atoms. The van der Waals surface area contributed by atoms with Gasteiger partial charge in [0.25, 0.3) is 0 Å². The highest BCUT2D eigenvalue weighted by molar-refractivity contribution is 5.77. The standard InChI is InChI=1S/C19H29NO5/c1-11(2)14-9-8-10-15(12(3)4)17(14)25-19(22)24-13(5)16(20-6)18(21)23-7/h8-13,16,20H,1-7H3. The van der Waals surface area contributed by atoms with Crippen molar-refractivity contribution in [1.29, 1.82) is 0 Å². The highest BCUT2D eigenvalue weighted by atomic mass is 16.7. The molecule has 1 aromatic rings. The van der Waals surface area contributed by atoms with Gasteiger partial charge in [0.1, 0.15) is 17.9 Å². The van der Waals surface area contributed by atoms with Crippen molar-refractivity contribution in [1.82, 2.24) is 5.32 Å². The lowest BCUT2D eigenvalue weighted by atomic mass is 9.94. The van der Waals surface area contributed by atoms with E-state index in [1.807, 2.05) is 45.9 Å². The minimum Gasteiger partial charge on any atom is -0.468 e. The number of carbonyl (C=O) groups is 2. The zero-order valence-corrected chi connectivity index (χ0v) is 16.1. The van der Waals surface area contributed by atoms with Crippen LogP contribution in [-0.2, 0) is 14.3 Å². The summed E-state index contributed by atoms with van der Waals surface area (Å²) in [6.07, 6.45) is -1.58. The summed E-state index contributed by atoms with van der Waals surface area (Å²) in [6.45, 7) is 9.75. The molecule has 0 spiro atoms. The average Bonchev–Trinajstić information content (AvgIpc) is 2.54. The number of benzene rings is 1. The number of para-hydroxylation sites is 1. The number of carbonyl (C=O) groups excluding carboxylic acids is 2. The quantitative estimate of drug-likeness (QED) is 0.598. The summed E-state index contributed by atoms with van der Waals surface area (Å²) in [5.74, 6) is 0.412. The van der Waals surface area contributed by atoms with Gasteiger partial charge >= 0.3 is 12.1 Å². The van der Waals surface area contributed by atoms with Crippen LogP contribution in [0.25, 0.3) is 0 Å². The maximum Gasteiger partial charge on any atom is 0.514 e. The van der Waals surface area contributed by atoms with E-state index in [4.69, 9.17) is 14.2 Å². The molecule has 6 heteroatoms. The van der Waals surface area contributed by atoms with Gasteiger partial charge in [0.05, 0.1) is 7.11 Å². The first-order valence-corrected chi connectivity index (χ1v) is 8.49. The van der Waals surface area contributed by atoms with E-state index >= 15 is 0 Å². The maximum absolute atomic E-state index is 12.3. The molecule has 0 aliphatic rings. The van der Waals surface area contributed by atoms with Gasteiger partial charge < -0.3 is 19.5 Å². The fourth-order valence-corrected chi connectivity index (χ4v) is 2.60. The van der Waals surface area contributed by atoms with Crippen LogP contribution in [0, 0.1) is 0 Å². The van der Waals surface area contributed by atoms with Crippen LogP contribution in [0.3, 0.4) is 0 Å². The van der Waals surface area contributed by atoms with Gasteiger partial charge in [-0.3, -0.25) is 4.79 Å². The van der Waals surface area contributed by atoms with Crippen molar-refractivity contribution in [2.24, 2.45) is 0 Å². The molecule has 0 aliphatic carbocycles. The Labute approximate surface area is 149 Å². The van der Waals surface area contributed by atoms with Crippen LogP contribution in [0.15, 0.2) is 18.2 Å². The SMILES string of the molecule is CNC(C(=O)OC)C(C)OC(=O)Oc1c(C(C)C)cccc1C(C)C. The molecule has 140 valence electrons. The Bertz CT molecular complexity index is 571. The molecule has 0 saturated carbocycles. The summed E-state index contributed by atoms with van der Waals surface area (Å²) in [4.78, 5) is 24.0. The summed E-state index contributed by atoms with van der Waals surface area (Å²) < 4.78 is 15.5. The van der Waals surface area contributed by atoms with Gasteiger partial charge in [0.15, 0.2) is 0 Å². The summed E-state index contributed by atoms with van der Waals surface area (Å²) in [5, 5.41) is 2.77. The van der Waals surface area contributed by atoms with E-state index in [0.717, 1.165) is 11.1 Å². The Morgan fingerprint density at radius 3 is 1.92 bits per heavy atom. The second kappa shape index (κ2) is 9.42. The van der Waals surface area contributed by atoms with Crippen LogP contribution in [0.4, 0.5) is 4.79 Å². The third-order valence-corrected chi connectivity index (χ3v) is 4.02. The maximum atomic E-state index is 12.3. The smallest absolute Gasteiger partial charge is 0.468 e. The zero-order chi connectivity index (χ0) is 19.1. The lowest BCUT2D eigenvalue weighted by molar-refractivity contribution is -0.145. The second-order valence-electron chi connectivity index (χ2n) is 6.54. The molecular weight excluding hydrogens is 322 g/mol. The Morgan fingerprint density at radius 2 is 1.52 bits per heavy atom. The van der Waals surface area contributed by atoms with Crippen LogP contribution >= 0.6 is 0 Å². The number of rotatable bonds is 7. The van der Waals surface area contributed by atoms with Gasteiger partial charge in [-0.1, -0.05) is 45.9 Å². The largest absolute Gasteiger partial charge is 0.514 e. The van der Waals surface area contributed by atoms with Gasteiger partial charge in [0.2, 0.25) is 0 Å². The van der Waals surface area contributed by atoms with Crippen LogP contribution < -0.4 is 10.1 Å². The highest BCUT2D eigenvalue weighted by Crippen LogP contribution is 2.34. The molecule has 1 rings (SSSR count). The highest BCUT2D eigenvalue weighted by Gasteiger charge is 2.29. The van der Waals surface area contributed by atoms with Crippen LogP contribution in [0.2, 0.25) is 0 Å². The Balaban J connectivity index is 2.98. The fourth-order valence-electron chi connectivity index (χ4n) is 2.60. The van der Waals surface area contributed by atoms with Crippen molar-refractivity contribution in [3.05, 3.63) is 29.3 Å². The lowest BCUT2D eigenvalue weighted by Crippen LogP contribution is -2.45. The first-order valence-electron chi connectivity index (χ1n) is 8.49. The van der Waals surface area contributed by atoms with E-state index in [9.17, 15) is 9.59 Å². The summed E-state index contributed by atoms with van der Waals surface area (Å²) in [6, 6.07) is 5.07. The van der Waals surface area contributed by atoms with Crippen molar-refractivity contribution < 1.29 is 23.8 Å². The molecular formula is C19H29NO5. The molecule has 2 atom stereocenters. The number of likely N-dealkylation sites (N-methyl/N-ethyl adjacent to an activating group) is 1. The topological polar surface area (TPSA) is 73.9 Å². The summed E-state index contributed by atoms with van der Waals surface area (Å²) in [7, 11) is 2.88. The molecule has 1 N–H and O–H groups in total. The van der Waals surface area contributed by atoms with E-state index in [0.29, 0.717) is 5.75 Å². The predicted octanol–water partition coefficient (Wildman–Crippen LogP) is 3.60. The molecule has 0 aliphatic heterocycles. The molecule has 0 aromatic heterocycles. The van der Waals surface area contributed by atoms with Crippen molar-refractivity contribution in [2.75, 3.05) is 14.2 Å². The normalized spacial score (nSPS) is 13.5. The van der Waals surface area contributed by atoms with Crippen LogP contribution in [-0.4, -0.2) is 38.4 Å². The Hall–Kier alpha value is -2.08. The molecule has 0 radical (unpaired) electrons. The van der Waals surface area contributed by atoms with E-state index < -0.39 is 24.3 Å². The molecule has 1 aromatic carbocycles. The van der Waals surface area contributed by atoms with Crippen molar-refractivity contribution in [3.8, 4) is 5.75 Å². The van der Waals surface area contributed by atoms with E-state index in [2.05, 4.69) is 5.32 Å². The van der Waals surface area contributed by atoms with E-state index in [-0.39, 0.29) is 11.8 Å². The average molecular weight is 351 g/mol. The zero-order valence-electron chi connectivity index (χ0n) is 16.1. The van der Waals surface area contributed by atoms with Gasteiger partial charge in [-0.25, -0.2) is 4.79 Å². The van der Waals surface area contributed by atoms with Gasteiger partial charge in [0, 0.05) is 0 Å². The van der Waals surface area contributed by atoms with Gasteiger partial charge in [-0.2, -0.15) is 0 Å². The van der Waals surface area contributed by atoms with E-state index in [1.54, 1.807) is 14.0 Å². The number of methoxy groups -OCH3 is 1. The van der Waals surface area contributed by atoms with Gasteiger partial charge in [-0.05, 0) is 36.9 Å². The first kappa shape index (κ1) is 21.0. The number of hydrogen-bond donors (Lipinski definition) is 1. The second-order valence-corrected chi connectivity index (χ2v) is 6.54. The van der Waals surface area contributed by atoms with Crippen LogP contribution in [0.1, 0.15) is 57.6 Å². The summed E-state index contributed by atoms with van der Waals surface area (Å²) >= 11 is 0. The number of nitrogens with one attached hydrogen (secondary N) is 1. The predicted molar refractivity (Wildman–Crippen MR) is 96.1 cm³/mol. The molecule has 6 nitrogen and oxygen atoms in total. The minimum absolute atomic E-state index is 0.194. The molecule has 0 amide bonds.